The molecule has 2 rings (SSSR count). The highest BCUT2D eigenvalue weighted by Gasteiger charge is 1.99. The zero-order chi connectivity index (χ0) is 13.5. The molecule has 0 unspecified atom stereocenters. The maximum absolute atomic E-state index is 5.51. The fourth-order valence-electron chi connectivity index (χ4n) is 1.50. The van der Waals surface area contributed by atoms with E-state index >= 15 is 0 Å². The van der Waals surface area contributed by atoms with Crippen molar-refractivity contribution in [2.45, 2.75) is 13.3 Å². The van der Waals surface area contributed by atoms with Crippen molar-refractivity contribution in [1.29, 1.82) is 0 Å². The van der Waals surface area contributed by atoms with Gasteiger partial charge in [-0.25, -0.2) is 10.8 Å². The van der Waals surface area contributed by atoms with E-state index in [0.29, 0.717) is 11.6 Å². The van der Waals surface area contributed by atoms with E-state index in [1.807, 2.05) is 24.3 Å². The summed E-state index contributed by atoms with van der Waals surface area (Å²) in [6, 6.07) is 7.68. The molecule has 1 heterocycles. The van der Waals surface area contributed by atoms with Gasteiger partial charge in [0.2, 0.25) is 0 Å². The van der Waals surface area contributed by atoms with Crippen LogP contribution >= 0.6 is 0 Å². The Morgan fingerprint density at radius 1 is 1.16 bits per heavy atom. The van der Waals surface area contributed by atoms with E-state index in [4.69, 9.17) is 10.6 Å². The molecular weight excluding hydrogens is 242 g/mol. The first-order valence-electron chi connectivity index (χ1n) is 6.10. The summed E-state index contributed by atoms with van der Waals surface area (Å²) in [7, 11) is 0. The molecule has 0 amide bonds. The third-order valence-electron chi connectivity index (χ3n) is 2.38. The topological polar surface area (TPSA) is 85.1 Å². The Morgan fingerprint density at radius 2 is 1.89 bits per heavy atom. The molecule has 100 valence electrons. The number of ether oxygens (including phenoxy) is 1. The summed E-state index contributed by atoms with van der Waals surface area (Å²) < 4.78 is 5.51. The van der Waals surface area contributed by atoms with Crippen molar-refractivity contribution >= 4 is 17.3 Å². The lowest BCUT2D eigenvalue weighted by Gasteiger charge is -2.08. The molecule has 0 spiro atoms. The van der Waals surface area contributed by atoms with Gasteiger partial charge in [0.15, 0.2) is 11.6 Å². The summed E-state index contributed by atoms with van der Waals surface area (Å²) in [4.78, 5) is 8.24. The fourth-order valence-corrected chi connectivity index (χ4v) is 1.50. The number of rotatable bonds is 6. The first-order chi connectivity index (χ1) is 9.31. The molecule has 0 aliphatic heterocycles. The van der Waals surface area contributed by atoms with Crippen LogP contribution in [0.15, 0.2) is 36.7 Å². The van der Waals surface area contributed by atoms with Gasteiger partial charge in [-0.3, -0.25) is 4.98 Å². The summed E-state index contributed by atoms with van der Waals surface area (Å²) >= 11 is 0. The molecule has 19 heavy (non-hydrogen) atoms. The first-order valence-corrected chi connectivity index (χ1v) is 6.10. The monoisotopic (exact) mass is 259 g/mol. The number of nitrogen functional groups attached to an aromatic ring is 1. The van der Waals surface area contributed by atoms with Crippen molar-refractivity contribution in [3.63, 3.8) is 0 Å². The van der Waals surface area contributed by atoms with Gasteiger partial charge >= 0.3 is 0 Å². The Morgan fingerprint density at radius 3 is 2.58 bits per heavy atom. The smallest absolute Gasteiger partial charge is 0.160 e. The number of nitrogens with one attached hydrogen (secondary N) is 2. The molecule has 1 aromatic heterocycles. The second-order valence-electron chi connectivity index (χ2n) is 3.93. The summed E-state index contributed by atoms with van der Waals surface area (Å²) in [6.07, 6.45) is 4.17. The Bertz CT molecular complexity index is 515. The number of hydrazine groups is 1. The van der Waals surface area contributed by atoms with Crippen LogP contribution < -0.4 is 21.3 Å². The standard InChI is InChI=1S/C13H17N5O/c1-2-7-19-11-5-3-10(4-6-11)16-12-8-15-9-13(17-12)18-14/h3-6,8-9H,2,7,14H2,1H3,(H2,16,17,18). The van der Waals surface area contributed by atoms with Crippen molar-refractivity contribution in [2.75, 3.05) is 17.3 Å². The maximum Gasteiger partial charge on any atom is 0.160 e. The van der Waals surface area contributed by atoms with Gasteiger partial charge in [0.1, 0.15) is 5.75 Å². The molecule has 0 aliphatic rings. The Hall–Kier alpha value is -2.34. The van der Waals surface area contributed by atoms with Crippen molar-refractivity contribution in [3.8, 4) is 5.75 Å². The lowest BCUT2D eigenvalue weighted by molar-refractivity contribution is 0.317. The number of hydrogen-bond donors (Lipinski definition) is 3. The van der Waals surface area contributed by atoms with Crippen molar-refractivity contribution in [1.82, 2.24) is 9.97 Å². The summed E-state index contributed by atoms with van der Waals surface area (Å²) in [5.41, 5.74) is 3.36. The van der Waals surface area contributed by atoms with Crippen LogP contribution in [0, 0.1) is 0 Å². The second kappa shape index (κ2) is 6.55. The minimum absolute atomic E-state index is 0.507. The van der Waals surface area contributed by atoms with Crippen LogP contribution in [0.2, 0.25) is 0 Å². The Labute approximate surface area is 112 Å². The van der Waals surface area contributed by atoms with Gasteiger partial charge in [-0.05, 0) is 30.7 Å². The molecule has 6 nitrogen and oxygen atoms in total. The number of aromatic nitrogens is 2. The average molecular weight is 259 g/mol. The van der Waals surface area contributed by atoms with Crippen LogP contribution in [0.25, 0.3) is 0 Å². The predicted molar refractivity (Wildman–Crippen MR) is 75.4 cm³/mol. The average Bonchev–Trinajstić information content (AvgIpc) is 2.47. The van der Waals surface area contributed by atoms with Gasteiger partial charge in [-0.15, -0.1) is 0 Å². The molecular formula is C13H17N5O. The van der Waals surface area contributed by atoms with E-state index in [0.717, 1.165) is 24.5 Å². The van der Waals surface area contributed by atoms with Crippen LogP contribution in [0.3, 0.4) is 0 Å². The summed E-state index contributed by atoms with van der Waals surface area (Å²) in [6.45, 7) is 2.80. The molecule has 1 aromatic carbocycles. The van der Waals surface area contributed by atoms with Crippen LogP contribution in [0.4, 0.5) is 17.3 Å². The SMILES string of the molecule is CCCOc1ccc(Nc2cncc(NN)n2)cc1. The molecule has 0 atom stereocenters. The number of nitrogens with two attached hydrogens (primary N) is 1. The van der Waals surface area contributed by atoms with Crippen molar-refractivity contribution in [2.24, 2.45) is 5.84 Å². The van der Waals surface area contributed by atoms with E-state index < -0.39 is 0 Å². The molecule has 4 N–H and O–H groups in total. The minimum atomic E-state index is 0.507. The molecule has 0 radical (unpaired) electrons. The predicted octanol–water partition coefficient (Wildman–Crippen LogP) is 2.29. The van der Waals surface area contributed by atoms with E-state index in [9.17, 15) is 0 Å². The van der Waals surface area contributed by atoms with E-state index in [-0.39, 0.29) is 0 Å². The van der Waals surface area contributed by atoms with Gasteiger partial charge in [-0.1, -0.05) is 6.92 Å². The lowest BCUT2D eigenvalue weighted by atomic mass is 10.3. The highest BCUT2D eigenvalue weighted by Crippen LogP contribution is 2.19. The normalized spacial score (nSPS) is 10.0. The highest BCUT2D eigenvalue weighted by atomic mass is 16.5. The van der Waals surface area contributed by atoms with Gasteiger partial charge < -0.3 is 15.5 Å². The third kappa shape index (κ3) is 3.82. The van der Waals surface area contributed by atoms with E-state index in [1.54, 1.807) is 12.4 Å². The summed E-state index contributed by atoms with van der Waals surface area (Å²) in [5.74, 6) is 7.27. The number of hydrogen-bond acceptors (Lipinski definition) is 6. The quantitative estimate of drug-likeness (QED) is 0.545. The van der Waals surface area contributed by atoms with E-state index in [2.05, 4.69) is 27.6 Å². The molecule has 2 aromatic rings. The van der Waals surface area contributed by atoms with Crippen LogP contribution in [0.5, 0.6) is 5.75 Å². The molecule has 0 bridgehead atoms. The van der Waals surface area contributed by atoms with Crippen molar-refractivity contribution < 1.29 is 4.74 Å². The fraction of sp³-hybridized carbons (Fsp3) is 0.231. The lowest BCUT2D eigenvalue weighted by Crippen LogP contribution is -2.09. The van der Waals surface area contributed by atoms with Crippen LogP contribution in [-0.4, -0.2) is 16.6 Å². The van der Waals surface area contributed by atoms with Gasteiger partial charge in [0.25, 0.3) is 0 Å². The molecule has 0 aliphatic carbocycles. The van der Waals surface area contributed by atoms with Crippen LogP contribution in [0.1, 0.15) is 13.3 Å². The van der Waals surface area contributed by atoms with Gasteiger partial charge in [0.05, 0.1) is 19.0 Å². The zero-order valence-corrected chi connectivity index (χ0v) is 10.8. The molecule has 0 saturated carbocycles. The molecule has 0 fully saturated rings. The highest BCUT2D eigenvalue weighted by molar-refractivity contribution is 5.57. The molecule has 0 saturated heterocycles. The molecule has 6 heteroatoms. The maximum atomic E-state index is 5.51. The third-order valence-corrected chi connectivity index (χ3v) is 2.38. The number of nitrogens with zero attached hydrogens (tertiary/aromatic N) is 2. The summed E-state index contributed by atoms with van der Waals surface area (Å²) in [5, 5.41) is 3.14. The van der Waals surface area contributed by atoms with Gasteiger partial charge in [0, 0.05) is 5.69 Å². The Balaban J connectivity index is 2.02. The first kappa shape index (κ1) is 13.1. The Kier molecular flexibility index (Phi) is 4.52. The van der Waals surface area contributed by atoms with Gasteiger partial charge in [-0.2, -0.15) is 0 Å². The number of anilines is 3. The van der Waals surface area contributed by atoms with Crippen molar-refractivity contribution in [3.05, 3.63) is 36.7 Å². The minimum Gasteiger partial charge on any atom is -0.494 e. The van der Waals surface area contributed by atoms with Crippen LogP contribution in [-0.2, 0) is 0 Å². The largest absolute Gasteiger partial charge is 0.494 e. The van der Waals surface area contributed by atoms with E-state index in [1.165, 1.54) is 0 Å². The number of benzene rings is 1. The zero-order valence-electron chi connectivity index (χ0n) is 10.8. The second-order valence-corrected chi connectivity index (χ2v) is 3.93.